The maximum atomic E-state index is 10.7. The number of hydrogen-bond acceptors (Lipinski definition) is 4. The molecule has 0 aromatic heterocycles. The number of nitrogens with one attached hydrogen (secondary N) is 1. The molecule has 0 spiro atoms. The Bertz CT molecular complexity index is 459. The molecule has 0 aliphatic carbocycles. The van der Waals surface area contributed by atoms with Gasteiger partial charge in [-0.2, -0.15) is 0 Å². The van der Waals surface area contributed by atoms with Crippen LogP contribution >= 0.6 is 0 Å². The van der Waals surface area contributed by atoms with E-state index in [-0.39, 0.29) is 10.6 Å². The highest BCUT2D eigenvalue weighted by molar-refractivity contribution is 5.34. The van der Waals surface area contributed by atoms with E-state index in [0.29, 0.717) is 18.0 Å². The first-order chi connectivity index (χ1) is 9.49. The van der Waals surface area contributed by atoms with Gasteiger partial charge in [-0.05, 0) is 31.5 Å². The highest BCUT2D eigenvalue weighted by Crippen LogP contribution is 2.36. The zero-order chi connectivity index (χ0) is 14.7. The molecular formula is C15H23N3O2. The van der Waals surface area contributed by atoms with Crippen LogP contribution in [0.2, 0.25) is 0 Å². The zero-order valence-corrected chi connectivity index (χ0v) is 12.4. The molecule has 2 rings (SSSR count). The van der Waals surface area contributed by atoms with Crippen LogP contribution in [0.4, 0.5) is 5.69 Å². The van der Waals surface area contributed by atoms with Crippen LogP contribution in [0.5, 0.6) is 0 Å². The van der Waals surface area contributed by atoms with Crippen molar-refractivity contribution in [3.8, 4) is 0 Å². The van der Waals surface area contributed by atoms with E-state index in [2.05, 4.69) is 31.1 Å². The van der Waals surface area contributed by atoms with Crippen molar-refractivity contribution >= 4 is 5.69 Å². The van der Waals surface area contributed by atoms with Gasteiger partial charge >= 0.3 is 0 Å². The highest BCUT2D eigenvalue weighted by atomic mass is 16.6. The van der Waals surface area contributed by atoms with Gasteiger partial charge in [-0.1, -0.05) is 26.0 Å². The van der Waals surface area contributed by atoms with Crippen molar-refractivity contribution in [3.63, 3.8) is 0 Å². The summed E-state index contributed by atoms with van der Waals surface area (Å²) in [6.07, 6.45) is 1.16. The largest absolute Gasteiger partial charge is 0.314 e. The second-order valence-corrected chi connectivity index (χ2v) is 5.89. The van der Waals surface area contributed by atoms with Crippen LogP contribution in [-0.2, 0) is 0 Å². The van der Waals surface area contributed by atoms with Gasteiger partial charge in [-0.3, -0.25) is 15.0 Å². The molecule has 1 heterocycles. The van der Waals surface area contributed by atoms with E-state index in [0.717, 1.165) is 19.5 Å². The summed E-state index contributed by atoms with van der Waals surface area (Å²) in [5, 5.41) is 14.2. The molecule has 1 aliphatic heterocycles. The Kier molecular flexibility index (Phi) is 4.73. The molecule has 1 aromatic carbocycles. The fourth-order valence-corrected chi connectivity index (χ4v) is 2.95. The van der Waals surface area contributed by atoms with Crippen molar-refractivity contribution in [3.05, 3.63) is 39.9 Å². The predicted molar refractivity (Wildman–Crippen MR) is 79.7 cm³/mol. The Hall–Kier alpha value is -1.46. The SMILES string of the molecule is CC(C)NCC1CCN(C)C1c1ccc([N+](=O)[O-])cc1. The lowest BCUT2D eigenvalue weighted by atomic mass is 9.93. The van der Waals surface area contributed by atoms with Crippen LogP contribution in [0.25, 0.3) is 0 Å². The molecule has 2 atom stereocenters. The summed E-state index contributed by atoms with van der Waals surface area (Å²) < 4.78 is 0. The molecule has 5 heteroatoms. The first-order valence-electron chi connectivity index (χ1n) is 7.17. The van der Waals surface area contributed by atoms with Crippen molar-refractivity contribution < 1.29 is 4.92 Å². The fraction of sp³-hybridized carbons (Fsp3) is 0.600. The van der Waals surface area contributed by atoms with Gasteiger partial charge in [-0.25, -0.2) is 0 Å². The minimum absolute atomic E-state index is 0.159. The Morgan fingerprint density at radius 3 is 2.60 bits per heavy atom. The predicted octanol–water partition coefficient (Wildman–Crippen LogP) is 2.59. The number of rotatable bonds is 5. The van der Waals surface area contributed by atoms with Crippen molar-refractivity contribution in [2.45, 2.75) is 32.4 Å². The topological polar surface area (TPSA) is 58.4 Å². The molecule has 0 amide bonds. The number of nitro groups is 1. The number of hydrogen-bond donors (Lipinski definition) is 1. The summed E-state index contributed by atoms with van der Waals surface area (Å²) in [5.74, 6) is 0.559. The Morgan fingerprint density at radius 1 is 1.40 bits per heavy atom. The lowest BCUT2D eigenvalue weighted by Crippen LogP contribution is -2.32. The molecule has 20 heavy (non-hydrogen) atoms. The maximum absolute atomic E-state index is 10.7. The van der Waals surface area contributed by atoms with E-state index >= 15 is 0 Å². The normalized spacial score (nSPS) is 23.4. The van der Waals surface area contributed by atoms with Gasteiger partial charge in [0.2, 0.25) is 0 Å². The summed E-state index contributed by atoms with van der Waals surface area (Å²) >= 11 is 0. The average molecular weight is 277 g/mol. The van der Waals surface area contributed by atoms with E-state index in [1.165, 1.54) is 5.56 Å². The van der Waals surface area contributed by atoms with Gasteiger partial charge in [0.25, 0.3) is 5.69 Å². The third-order valence-corrected chi connectivity index (χ3v) is 4.01. The Balaban J connectivity index is 2.12. The van der Waals surface area contributed by atoms with Crippen molar-refractivity contribution in [2.75, 3.05) is 20.1 Å². The molecule has 0 bridgehead atoms. The van der Waals surface area contributed by atoms with Crippen LogP contribution in [-0.4, -0.2) is 36.0 Å². The summed E-state index contributed by atoms with van der Waals surface area (Å²) in [6.45, 7) is 6.37. The molecule has 5 nitrogen and oxygen atoms in total. The number of benzene rings is 1. The van der Waals surface area contributed by atoms with E-state index < -0.39 is 0 Å². The maximum Gasteiger partial charge on any atom is 0.269 e. The smallest absolute Gasteiger partial charge is 0.269 e. The molecule has 2 unspecified atom stereocenters. The lowest BCUT2D eigenvalue weighted by Gasteiger charge is -2.26. The second-order valence-electron chi connectivity index (χ2n) is 5.89. The quantitative estimate of drug-likeness (QED) is 0.664. The van der Waals surface area contributed by atoms with Crippen LogP contribution in [0.1, 0.15) is 31.9 Å². The Labute approximate surface area is 120 Å². The highest BCUT2D eigenvalue weighted by Gasteiger charge is 2.32. The van der Waals surface area contributed by atoms with E-state index in [1.807, 2.05) is 12.1 Å². The molecule has 0 saturated carbocycles. The van der Waals surface area contributed by atoms with Gasteiger partial charge in [-0.15, -0.1) is 0 Å². The number of nitro benzene ring substituents is 1. The van der Waals surface area contributed by atoms with Crippen LogP contribution in [0.15, 0.2) is 24.3 Å². The van der Waals surface area contributed by atoms with E-state index in [1.54, 1.807) is 12.1 Å². The first-order valence-corrected chi connectivity index (χ1v) is 7.17. The van der Waals surface area contributed by atoms with Gasteiger partial charge in [0.15, 0.2) is 0 Å². The van der Waals surface area contributed by atoms with Gasteiger partial charge < -0.3 is 5.32 Å². The molecule has 1 aliphatic rings. The molecule has 1 aromatic rings. The minimum atomic E-state index is -0.347. The third-order valence-electron chi connectivity index (χ3n) is 4.01. The number of likely N-dealkylation sites (tertiary alicyclic amines) is 1. The first kappa shape index (κ1) is 14.9. The lowest BCUT2D eigenvalue weighted by molar-refractivity contribution is -0.384. The van der Waals surface area contributed by atoms with Crippen molar-refractivity contribution in [1.29, 1.82) is 0 Å². The number of non-ortho nitro benzene ring substituents is 1. The summed E-state index contributed by atoms with van der Waals surface area (Å²) in [4.78, 5) is 12.7. The second kappa shape index (κ2) is 6.33. The minimum Gasteiger partial charge on any atom is -0.314 e. The van der Waals surface area contributed by atoms with Gasteiger partial charge in [0.05, 0.1) is 4.92 Å². The van der Waals surface area contributed by atoms with E-state index in [4.69, 9.17) is 0 Å². The van der Waals surface area contributed by atoms with Gasteiger partial charge in [0, 0.05) is 30.8 Å². The monoisotopic (exact) mass is 277 g/mol. The number of nitrogens with zero attached hydrogens (tertiary/aromatic N) is 2. The Morgan fingerprint density at radius 2 is 2.05 bits per heavy atom. The summed E-state index contributed by atoms with van der Waals surface area (Å²) in [5.41, 5.74) is 1.33. The van der Waals surface area contributed by atoms with Crippen LogP contribution in [0, 0.1) is 16.0 Å². The van der Waals surface area contributed by atoms with Gasteiger partial charge in [0.1, 0.15) is 0 Å². The third kappa shape index (κ3) is 3.35. The zero-order valence-electron chi connectivity index (χ0n) is 12.4. The molecule has 1 saturated heterocycles. The molecule has 1 fully saturated rings. The van der Waals surface area contributed by atoms with Crippen LogP contribution < -0.4 is 5.32 Å². The molecule has 1 N–H and O–H groups in total. The van der Waals surface area contributed by atoms with Crippen molar-refractivity contribution in [1.82, 2.24) is 10.2 Å². The van der Waals surface area contributed by atoms with Crippen LogP contribution in [0.3, 0.4) is 0 Å². The summed E-state index contributed by atoms with van der Waals surface area (Å²) in [6, 6.07) is 7.84. The average Bonchev–Trinajstić information content (AvgIpc) is 2.77. The summed E-state index contributed by atoms with van der Waals surface area (Å²) in [7, 11) is 2.13. The van der Waals surface area contributed by atoms with E-state index in [9.17, 15) is 10.1 Å². The standard InChI is InChI=1S/C15H23N3O2/c1-11(2)16-10-13-8-9-17(3)15(13)12-4-6-14(7-5-12)18(19)20/h4-7,11,13,15-16H,8-10H2,1-3H3. The van der Waals surface area contributed by atoms with Crippen molar-refractivity contribution in [2.24, 2.45) is 5.92 Å². The fourth-order valence-electron chi connectivity index (χ4n) is 2.95. The molecule has 0 radical (unpaired) electrons. The molecule has 110 valence electrons. The molecular weight excluding hydrogens is 254 g/mol.